The molecule has 1 radical (unpaired) electrons. The molecular formula is C36H33Cl2SiZr. The smallest absolute Gasteiger partial charge is 0.0623 e. The van der Waals surface area contributed by atoms with Crippen molar-refractivity contribution in [3.8, 4) is 44.5 Å². The van der Waals surface area contributed by atoms with Crippen LogP contribution in [0.5, 0.6) is 0 Å². The Balaban J connectivity index is 0.000000185. The standard InChI is InChI=1S/2C17H13.C2H7Si.2ClH.Zr/c2*1-3-7-14(8-4-1)16-11-12-17(13-16)15-9-5-2-6-10-15;1-3-2;;;/h2*1-13H;3H,1-2H3;2*1H;/q2*-1;;;;+4/p-2. The molecule has 6 aromatic rings. The maximum atomic E-state index is 4.93. The Morgan fingerprint density at radius 2 is 0.700 bits per heavy atom. The van der Waals surface area contributed by atoms with E-state index in [0.717, 1.165) is 9.52 Å². The molecule has 0 saturated carbocycles. The van der Waals surface area contributed by atoms with Crippen molar-refractivity contribution in [1.82, 2.24) is 0 Å². The zero-order valence-corrected chi connectivity index (χ0v) is 28.0. The van der Waals surface area contributed by atoms with Crippen molar-refractivity contribution in [2.24, 2.45) is 0 Å². The summed E-state index contributed by atoms with van der Waals surface area (Å²) in [5.41, 5.74) is 10.2. The average Bonchev–Trinajstić information content (AvgIpc) is 3.72. The van der Waals surface area contributed by atoms with Crippen molar-refractivity contribution < 1.29 is 20.8 Å². The molecule has 0 unspecified atom stereocenters. The minimum Gasteiger partial charge on any atom is -0.169 e. The molecule has 0 aliphatic heterocycles. The molecule has 0 bridgehead atoms. The minimum absolute atomic E-state index is 0.750. The van der Waals surface area contributed by atoms with Crippen molar-refractivity contribution in [2.75, 3.05) is 0 Å². The van der Waals surface area contributed by atoms with Gasteiger partial charge in [0.2, 0.25) is 0 Å². The Labute approximate surface area is 260 Å². The second kappa shape index (κ2) is 18.6. The van der Waals surface area contributed by atoms with E-state index in [1.807, 2.05) is 24.3 Å². The van der Waals surface area contributed by atoms with Gasteiger partial charge in [-0.1, -0.05) is 146 Å². The van der Waals surface area contributed by atoms with Crippen LogP contribution in [0.2, 0.25) is 13.1 Å². The third-order valence-electron chi connectivity index (χ3n) is 5.94. The van der Waals surface area contributed by atoms with Gasteiger partial charge in [-0.05, 0) is 0 Å². The van der Waals surface area contributed by atoms with Crippen LogP contribution in [0, 0.1) is 0 Å². The van der Waals surface area contributed by atoms with E-state index in [0.29, 0.717) is 0 Å². The summed E-state index contributed by atoms with van der Waals surface area (Å²) in [5.74, 6) is 0. The van der Waals surface area contributed by atoms with Gasteiger partial charge in [0.1, 0.15) is 0 Å². The largest absolute Gasteiger partial charge is 0.169 e. The summed E-state index contributed by atoms with van der Waals surface area (Å²) in [6.45, 7) is 4.42. The summed E-state index contributed by atoms with van der Waals surface area (Å²) in [4.78, 5) is 0. The van der Waals surface area contributed by atoms with E-state index in [4.69, 9.17) is 17.0 Å². The molecule has 6 aromatic carbocycles. The fourth-order valence-corrected chi connectivity index (χ4v) is 4.13. The van der Waals surface area contributed by atoms with Gasteiger partial charge in [0, 0.05) is 9.52 Å². The van der Waals surface area contributed by atoms with Gasteiger partial charge in [0.25, 0.3) is 0 Å². The molecule has 0 N–H and O–H groups in total. The van der Waals surface area contributed by atoms with E-state index in [9.17, 15) is 0 Å². The van der Waals surface area contributed by atoms with Crippen LogP contribution >= 0.6 is 17.0 Å². The number of hydrogen-bond acceptors (Lipinski definition) is 0. The first-order valence-corrected chi connectivity index (χ1v) is 21.8. The van der Waals surface area contributed by atoms with E-state index in [1.165, 1.54) is 44.5 Å². The summed E-state index contributed by atoms with van der Waals surface area (Å²) in [5, 5.41) is 0. The average molecular weight is 656 g/mol. The number of rotatable bonds is 4. The van der Waals surface area contributed by atoms with Crippen molar-refractivity contribution >= 4 is 26.5 Å². The zero-order valence-electron chi connectivity index (χ0n) is 22.8. The maximum Gasteiger partial charge on any atom is -0.0623 e. The second-order valence-electron chi connectivity index (χ2n) is 8.89. The Kier molecular flexibility index (Phi) is 14.8. The molecule has 0 aliphatic rings. The molecule has 0 amide bonds. The van der Waals surface area contributed by atoms with Crippen molar-refractivity contribution in [1.29, 1.82) is 0 Å². The monoisotopic (exact) mass is 653 g/mol. The van der Waals surface area contributed by atoms with Gasteiger partial charge in [-0.3, -0.25) is 0 Å². The summed E-state index contributed by atoms with van der Waals surface area (Å²) in [6, 6.07) is 55.1. The molecule has 0 heterocycles. The molecule has 6 rings (SSSR count). The quantitative estimate of drug-likeness (QED) is 0.131. The van der Waals surface area contributed by atoms with Crippen LogP contribution in [0.15, 0.2) is 158 Å². The van der Waals surface area contributed by atoms with Crippen LogP contribution in [0.4, 0.5) is 0 Å². The van der Waals surface area contributed by atoms with E-state index in [2.05, 4.69) is 147 Å². The Bertz CT molecular complexity index is 1240. The van der Waals surface area contributed by atoms with Gasteiger partial charge in [-0.25, -0.2) is 0 Å². The molecule has 4 heteroatoms. The van der Waals surface area contributed by atoms with Gasteiger partial charge in [0.05, 0.1) is 0 Å². The van der Waals surface area contributed by atoms with Crippen molar-refractivity contribution in [3.63, 3.8) is 0 Å². The van der Waals surface area contributed by atoms with Gasteiger partial charge in [-0.2, -0.15) is 12.1 Å². The van der Waals surface area contributed by atoms with Crippen molar-refractivity contribution in [2.45, 2.75) is 13.1 Å². The Morgan fingerprint density at radius 1 is 0.450 bits per heavy atom. The van der Waals surface area contributed by atoms with Crippen molar-refractivity contribution in [3.05, 3.63) is 158 Å². The maximum absolute atomic E-state index is 4.93. The third kappa shape index (κ3) is 10.3. The SMILES string of the molecule is C[SiH]C.[Cl][Zr+2][Cl].c1ccc(-c2c[cH-]c(-c3ccccc3)c2)cc1.c1ccc(-c2c[cH-]c(-c3ccccc3)c2)cc1. The summed E-state index contributed by atoms with van der Waals surface area (Å²) >= 11 is -0.826. The van der Waals surface area contributed by atoms with E-state index >= 15 is 0 Å². The number of hydrogen-bond donors (Lipinski definition) is 0. The van der Waals surface area contributed by atoms with Crippen LogP contribution in [-0.4, -0.2) is 9.52 Å². The van der Waals surface area contributed by atoms with Crippen LogP contribution in [0.25, 0.3) is 44.5 Å². The third-order valence-corrected chi connectivity index (χ3v) is 5.94. The van der Waals surface area contributed by atoms with E-state index in [1.54, 1.807) is 0 Å². The summed E-state index contributed by atoms with van der Waals surface area (Å²) < 4.78 is 0. The number of halogens is 2. The molecule has 0 aliphatic carbocycles. The van der Waals surface area contributed by atoms with Gasteiger partial charge >= 0.3 is 37.9 Å². The van der Waals surface area contributed by atoms with Crippen LogP contribution < -0.4 is 0 Å². The fourth-order valence-electron chi connectivity index (χ4n) is 4.13. The first-order chi connectivity index (χ1) is 19.7. The second-order valence-corrected chi connectivity index (χ2v) is 13.8. The minimum atomic E-state index is -0.826. The van der Waals surface area contributed by atoms with Gasteiger partial charge in [-0.15, -0.1) is 57.6 Å². The molecule has 0 aromatic heterocycles. The van der Waals surface area contributed by atoms with Gasteiger partial charge < -0.3 is 0 Å². The van der Waals surface area contributed by atoms with E-state index < -0.39 is 20.8 Å². The molecule has 0 atom stereocenters. The molecule has 0 saturated heterocycles. The normalized spacial score (nSPS) is 9.50. The number of benzene rings is 4. The summed E-state index contributed by atoms with van der Waals surface area (Å²) in [6.07, 6.45) is 0. The molecule has 0 nitrogen and oxygen atoms in total. The van der Waals surface area contributed by atoms with Crippen LogP contribution in [0.3, 0.4) is 0 Å². The topological polar surface area (TPSA) is 0 Å². The molecule has 199 valence electrons. The fraction of sp³-hybridized carbons (Fsp3) is 0.0556. The molecule has 0 spiro atoms. The Morgan fingerprint density at radius 3 is 0.975 bits per heavy atom. The first kappa shape index (κ1) is 31.8. The van der Waals surface area contributed by atoms with Crippen LogP contribution in [0.1, 0.15) is 0 Å². The predicted octanol–water partition coefficient (Wildman–Crippen LogP) is 11.4. The Hall–Kier alpha value is -2.74. The molecular weight excluding hydrogens is 623 g/mol. The first-order valence-electron chi connectivity index (χ1n) is 13.2. The summed E-state index contributed by atoms with van der Waals surface area (Å²) in [7, 11) is 10.6. The zero-order chi connectivity index (χ0) is 28.4. The van der Waals surface area contributed by atoms with Crippen LogP contribution in [-0.2, 0) is 20.8 Å². The molecule has 40 heavy (non-hydrogen) atoms. The molecule has 0 fully saturated rings. The van der Waals surface area contributed by atoms with E-state index in [-0.39, 0.29) is 0 Å². The van der Waals surface area contributed by atoms with Gasteiger partial charge in [0.15, 0.2) is 0 Å². The predicted molar refractivity (Wildman–Crippen MR) is 176 cm³/mol.